The maximum atomic E-state index is 12.8. The summed E-state index contributed by atoms with van der Waals surface area (Å²) in [6, 6.07) is -0.612. The molecule has 0 aliphatic heterocycles. The summed E-state index contributed by atoms with van der Waals surface area (Å²) >= 11 is 0. The van der Waals surface area contributed by atoms with E-state index in [9.17, 15) is 19.5 Å². The van der Waals surface area contributed by atoms with E-state index in [4.69, 9.17) is 14.2 Å². The number of rotatable bonds is 45. The number of carboxylic acid groups (broad SMARTS) is 1. The highest BCUT2D eigenvalue weighted by Crippen LogP contribution is 2.16. The van der Waals surface area contributed by atoms with Crippen LogP contribution in [0.1, 0.15) is 239 Å². The first kappa shape index (κ1) is 56.1. The molecule has 0 aliphatic carbocycles. The maximum Gasteiger partial charge on any atom is 0.362 e. The largest absolute Gasteiger partial charge is 0.477 e. The van der Waals surface area contributed by atoms with Gasteiger partial charge >= 0.3 is 17.9 Å². The second-order valence-electron chi connectivity index (χ2n) is 18.1. The van der Waals surface area contributed by atoms with Gasteiger partial charge in [0.15, 0.2) is 12.1 Å². The van der Waals surface area contributed by atoms with Crippen molar-refractivity contribution in [2.45, 2.75) is 251 Å². The number of allylic oxidation sites excluding steroid dienone is 2. The van der Waals surface area contributed by atoms with E-state index in [0.717, 1.165) is 44.9 Å². The van der Waals surface area contributed by atoms with E-state index in [1.54, 1.807) is 0 Å². The van der Waals surface area contributed by atoms with Gasteiger partial charge in [0.1, 0.15) is 6.61 Å². The number of esters is 2. The van der Waals surface area contributed by atoms with Crippen molar-refractivity contribution in [2.24, 2.45) is 0 Å². The molecule has 1 N–H and O–H groups in total. The van der Waals surface area contributed by atoms with Crippen LogP contribution in [-0.4, -0.2) is 80.6 Å². The van der Waals surface area contributed by atoms with Crippen molar-refractivity contribution in [1.82, 2.24) is 0 Å². The van der Waals surface area contributed by atoms with Gasteiger partial charge in [0.25, 0.3) is 0 Å². The Hall–Kier alpha value is -1.93. The number of hydrogen-bond acceptors (Lipinski definition) is 6. The number of hydrogen-bond donors (Lipinski definition) is 1. The van der Waals surface area contributed by atoms with Gasteiger partial charge in [0, 0.05) is 19.3 Å². The van der Waals surface area contributed by atoms with Gasteiger partial charge in [0.05, 0.1) is 34.4 Å². The Bertz CT molecular complexity index is 962. The number of carbonyl (C=O) groups is 3. The van der Waals surface area contributed by atoms with E-state index in [2.05, 4.69) is 26.0 Å². The van der Waals surface area contributed by atoms with E-state index in [1.807, 2.05) is 21.1 Å². The molecular formula is C50H96NO7+. The standard InChI is InChI=1S/C50H95NO7/c1-6-8-10-12-14-16-18-20-22-24-25-27-28-30-32-34-36-38-40-48(52)57-45-46(44-56-43-42-47(50(54)55)51(3,4)5)58-49(53)41-39-37-35-33-31-29-26-23-21-19-17-15-13-11-9-7-2/h25,27,46-47H,6-24,26,28-45H2,1-5H3/p+1/b27-25+. The molecule has 58 heavy (non-hydrogen) atoms. The summed E-state index contributed by atoms with van der Waals surface area (Å²) in [4.78, 5) is 37.1. The fourth-order valence-electron chi connectivity index (χ4n) is 7.56. The van der Waals surface area contributed by atoms with Crippen LogP contribution in [0.5, 0.6) is 0 Å². The van der Waals surface area contributed by atoms with Crippen LogP contribution in [0.3, 0.4) is 0 Å². The summed E-state index contributed by atoms with van der Waals surface area (Å²) in [7, 11) is 5.54. The first-order valence-electron chi connectivity index (χ1n) is 24.7. The van der Waals surface area contributed by atoms with Crippen molar-refractivity contribution in [3.05, 3.63) is 12.2 Å². The molecular weight excluding hydrogens is 727 g/mol. The lowest BCUT2D eigenvalue weighted by molar-refractivity contribution is -0.887. The molecule has 0 spiro atoms. The maximum absolute atomic E-state index is 12.8. The number of carbonyl (C=O) groups excluding carboxylic acids is 2. The quantitative estimate of drug-likeness (QED) is 0.0283. The Labute approximate surface area is 359 Å². The van der Waals surface area contributed by atoms with Crippen molar-refractivity contribution in [1.29, 1.82) is 0 Å². The minimum Gasteiger partial charge on any atom is -0.477 e. The molecule has 0 rings (SSSR count). The van der Waals surface area contributed by atoms with Crippen LogP contribution in [0.25, 0.3) is 0 Å². The Kier molecular flexibility index (Phi) is 40.4. The molecule has 0 bridgehead atoms. The van der Waals surface area contributed by atoms with Crippen LogP contribution in [0.2, 0.25) is 0 Å². The van der Waals surface area contributed by atoms with Crippen LogP contribution >= 0.6 is 0 Å². The molecule has 0 aromatic carbocycles. The summed E-state index contributed by atoms with van der Waals surface area (Å²) in [5.41, 5.74) is 0. The van der Waals surface area contributed by atoms with Crippen molar-refractivity contribution < 1.29 is 38.2 Å². The highest BCUT2D eigenvalue weighted by atomic mass is 16.6. The highest BCUT2D eigenvalue weighted by molar-refractivity contribution is 5.72. The number of nitrogens with zero attached hydrogens (tertiary/aromatic N) is 1. The van der Waals surface area contributed by atoms with Gasteiger partial charge in [-0.25, -0.2) is 4.79 Å². The lowest BCUT2D eigenvalue weighted by Crippen LogP contribution is -2.50. The fourth-order valence-corrected chi connectivity index (χ4v) is 7.56. The highest BCUT2D eigenvalue weighted by Gasteiger charge is 2.31. The first-order chi connectivity index (χ1) is 28.1. The average Bonchev–Trinajstić information content (AvgIpc) is 3.18. The normalized spacial score (nSPS) is 12.9. The molecule has 8 nitrogen and oxygen atoms in total. The lowest BCUT2D eigenvalue weighted by atomic mass is 10.0. The Balaban J connectivity index is 4.25. The third-order valence-corrected chi connectivity index (χ3v) is 11.4. The van der Waals surface area contributed by atoms with Crippen molar-refractivity contribution in [3.63, 3.8) is 0 Å². The number of likely N-dealkylation sites (N-methyl/N-ethyl adjacent to an activating group) is 1. The fraction of sp³-hybridized carbons (Fsp3) is 0.900. The van der Waals surface area contributed by atoms with Crippen molar-refractivity contribution >= 4 is 17.9 Å². The molecule has 0 aromatic rings. The molecule has 342 valence electrons. The molecule has 0 saturated carbocycles. The van der Waals surface area contributed by atoms with E-state index >= 15 is 0 Å². The Morgan fingerprint density at radius 1 is 0.500 bits per heavy atom. The molecule has 0 amide bonds. The Morgan fingerprint density at radius 3 is 1.24 bits per heavy atom. The number of quaternary nitrogens is 1. The molecule has 2 atom stereocenters. The second kappa shape index (κ2) is 41.8. The van der Waals surface area contributed by atoms with Gasteiger partial charge in [0.2, 0.25) is 0 Å². The number of ether oxygens (including phenoxy) is 3. The number of aliphatic carboxylic acids is 1. The SMILES string of the molecule is CCCCCCCCCCC/C=C/CCCCCCCC(=O)OCC(COCCC(C(=O)O)[N+](C)(C)C)OC(=O)CCCCCCCCCCCCCCCCCC. The van der Waals surface area contributed by atoms with Gasteiger partial charge in [-0.15, -0.1) is 0 Å². The van der Waals surface area contributed by atoms with E-state index < -0.39 is 18.1 Å². The van der Waals surface area contributed by atoms with Crippen LogP contribution in [0.15, 0.2) is 12.2 Å². The zero-order valence-electron chi connectivity index (χ0n) is 39.0. The topological polar surface area (TPSA) is 99.1 Å². The zero-order valence-corrected chi connectivity index (χ0v) is 39.0. The lowest BCUT2D eigenvalue weighted by Gasteiger charge is -2.31. The first-order valence-corrected chi connectivity index (χ1v) is 24.7. The predicted octanol–water partition coefficient (Wildman–Crippen LogP) is 13.9. The molecule has 0 fully saturated rings. The minimum atomic E-state index is -0.872. The average molecular weight is 823 g/mol. The number of carboxylic acids is 1. The molecule has 8 heteroatoms. The van der Waals surface area contributed by atoms with Gasteiger partial charge in [-0.2, -0.15) is 0 Å². The van der Waals surface area contributed by atoms with E-state index in [0.29, 0.717) is 19.3 Å². The molecule has 0 radical (unpaired) electrons. The minimum absolute atomic E-state index is 0.0490. The molecule has 0 saturated heterocycles. The summed E-state index contributed by atoms with van der Waals surface area (Å²) in [6.07, 6.45) is 45.4. The van der Waals surface area contributed by atoms with Crippen LogP contribution < -0.4 is 0 Å². The second-order valence-corrected chi connectivity index (χ2v) is 18.1. The molecule has 0 aliphatic rings. The van der Waals surface area contributed by atoms with E-state index in [1.165, 1.54) is 161 Å². The molecule has 2 unspecified atom stereocenters. The van der Waals surface area contributed by atoms with E-state index in [-0.39, 0.29) is 36.2 Å². The van der Waals surface area contributed by atoms with Gasteiger partial charge < -0.3 is 23.8 Å². The monoisotopic (exact) mass is 823 g/mol. The third kappa shape index (κ3) is 39.5. The zero-order chi connectivity index (χ0) is 42.8. The number of unbranched alkanes of at least 4 members (excludes halogenated alkanes) is 29. The summed E-state index contributed by atoms with van der Waals surface area (Å²) in [5, 5.41) is 9.64. The van der Waals surface area contributed by atoms with Crippen LogP contribution in [-0.2, 0) is 28.6 Å². The van der Waals surface area contributed by atoms with Gasteiger partial charge in [-0.1, -0.05) is 193 Å². The predicted molar refractivity (Wildman–Crippen MR) is 243 cm³/mol. The summed E-state index contributed by atoms with van der Waals surface area (Å²) in [5.74, 6) is -1.46. The third-order valence-electron chi connectivity index (χ3n) is 11.4. The van der Waals surface area contributed by atoms with Gasteiger partial charge in [-0.3, -0.25) is 9.59 Å². The van der Waals surface area contributed by atoms with Crippen LogP contribution in [0, 0.1) is 0 Å². The molecule has 0 heterocycles. The van der Waals surface area contributed by atoms with Gasteiger partial charge in [-0.05, 0) is 38.5 Å². The van der Waals surface area contributed by atoms with Crippen molar-refractivity contribution in [3.8, 4) is 0 Å². The summed E-state index contributed by atoms with van der Waals surface area (Å²) < 4.78 is 17.3. The van der Waals surface area contributed by atoms with Crippen LogP contribution in [0.4, 0.5) is 0 Å². The molecule has 0 aromatic heterocycles. The smallest absolute Gasteiger partial charge is 0.362 e. The van der Waals surface area contributed by atoms with Crippen molar-refractivity contribution in [2.75, 3.05) is 41.0 Å². The summed E-state index contributed by atoms with van der Waals surface area (Å²) in [6.45, 7) is 4.77. The Morgan fingerprint density at radius 2 is 0.862 bits per heavy atom.